The molecular formula is C10H7F2NO. The molecule has 0 aliphatic rings. The third-order valence-corrected chi connectivity index (χ3v) is 2.03. The Balaban J connectivity index is 2.86. The standard InChI is InChI=1S/C10H7F2NO/c11-6-3-8-7(9(12)4-6)1-2-13-10(8)5-14/h1-4,14H,5H2. The van der Waals surface area contributed by atoms with Gasteiger partial charge in [-0.1, -0.05) is 0 Å². The summed E-state index contributed by atoms with van der Waals surface area (Å²) < 4.78 is 26.1. The van der Waals surface area contributed by atoms with Gasteiger partial charge in [0.05, 0.1) is 12.3 Å². The summed E-state index contributed by atoms with van der Waals surface area (Å²) in [4.78, 5) is 3.82. The lowest BCUT2D eigenvalue weighted by Gasteiger charge is -2.03. The normalized spacial score (nSPS) is 10.8. The quantitative estimate of drug-likeness (QED) is 0.755. The number of nitrogens with zero attached hydrogens (tertiary/aromatic N) is 1. The molecule has 0 aliphatic heterocycles. The van der Waals surface area contributed by atoms with Crippen LogP contribution in [-0.4, -0.2) is 10.1 Å². The summed E-state index contributed by atoms with van der Waals surface area (Å²) in [6.07, 6.45) is 1.38. The first-order valence-electron chi connectivity index (χ1n) is 4.06. The highest BCUT2D eigenvalue weighted by Crippen LogP contribution is 2.21. The molecule has 0 aliphatic carbocycles. The summed E-state index contributed by atoms with van der Waals surface area (Å²) in [5.74, 6) is -1.31. The van der Waals surface area contributed by atoms with Gasteiger partial charge >= 0.3 is 0 Å². The van der Waals surface area contributed by atoms with Gasteiger partial charge in [0.2, 0.25) is 0 Å². The van der Waals surface area contributed by atoms with Gasteiger partial charge in [-0.3, -0.25) is 4.98 Å². The number of aliphatic hydroxyl groups excluding tert-OH is 1. The highest BCUT2D eigenvalue weighted by molar-refractivity contribution is 5.84. The van der Waals surface area contributed by atoms with Crippen molar-refractivity contribution >= 4 is 10.8 Å². The molecule has 0 amide bonds. The van der Waals surface area contributed by atoms with Crippen molar-refractivity contribution < 1.29 is 13.9 Å². The topological polar surface area (TPSA) is 33.1 Å². The Bertz CT molecular complexity index is 485. The van der Waals surface area contributed by atoms with Crippen molar-refractivity contribution in [1.29, 1.82) is 0 Å². The van der Waals surface area contributed by atoms with Crippen molar-refractivity contribution in [2.45, 2.75) is 6.61 Å². The van der Waals surface area contributed by atoms with Crippen LogP contribution in [0.3, 0.4) is 0 Å². The second-order valence-electron chi connectivity index (χ2n) is 2.90. The lowest BCUT2D eigenvalue weighted by molar-refractivity contribution is 0.278. The number of aromatic nitrogens is 1. The van der Waals surface area contributed by atoms with Gasteiger partial charge in [-0.05, 0) is 12.1 Å². The maximum atomic E-state index is 13.2. The Kier molecular flexibility index (Phi) is 2.13. The van der Waals surface area contributed by atoms with Crippen molar-refractivity contribution in [3.8, 4) is 0 Å². The molecule has 1 heterocycles. The molecule has 0 unspecified atom stereocenters. The number of hydrogen-bond donors (Lipinski definition) is 1. The third kappa shape index (κ3) is 1.33. The van der Waals surface area contributed by atoms with E-state index in [1.807, 2.05) is 0 Å². The molecule has 0 saturated heterocycles. The van der Waals surface area contributed by atoms with E-state index in [2.05, 4.69) is 4.98 Å². The van der Waals surface area contributed by atoms with Crippen molar-refractivity contribution in [2.75, 3.05) is 0 Å². The van der Waals surface area contributed by atoms with E-state index >= 15 is 0 Å². The summed E-state index contributed by atoms with van der Waals surface area (Å²) in [5, 5.41) is 9.49. The fourth-order valence-electron chi connectivity index (χ4n) is 1.39. The molecule has 1 N–H and O–H groups in total. The zero-order valence-corrected chi connectivity index (χ0v) is 7.17. The largest absolute Gasteiger partial charge is 0.390 e. The predicted octanol–water partition coefficient (Wildman–Crippen LogP) is 2.01. The Morgan fingerprint density at radius 3 is 2.71 bits per heavy atom. The lowest BCUT2D eigenvalue weighted by atomic mass is 10.1. The summed E-state index contributed by atoms with van der Waals surface area (Å²) in [7, 11) is 0. The van der Waals surface area contributed by atoms with Crippen LogP contribution in [0.4, 0.5) is 8.78 Å². The molecule has 2 nitrogen and oxygen atoms in total. The number of fused-ring (bicyclic) bond motifs is 1. The Morgan fingerprint density at radius 2 is 2.00 bits per heavy atom. The second kappa shape index (κ2) is 3.31. The minimum Gasteiger partial charge on any atom is -0.390 e. The first-order valence-corrected chi connectivity index (χ1v) is 4.06. The molecule has 14 heavy (non-hydrogen) atoms. The van der Waals surface area contributed by atoms with Crippen LogP contribution >= 0.6 is 0 Å². The van der Waals surface area contributed by atoms with Crippen LogP contribution < -0.4 is 0 Å². The molecule has 72 valence electrons. The number of halogens is 2. The minimum atomic E-state index is -0.669. The van der Waals surface area contributed by atoms with Crippen molar-refractivity contribution in [3.05, 3.63) is 41.7 Å². The van der Waals surface area contributed by atoms with Gasteiger partial charge in [-0.15, -0.1) is 0 Å². The zero-order valence-electron chi connectivity index (χ0n) is 7.17. The van der Waals surface area contributed by atoms with Crippen molar-refractivity contribution in [1.82, 2.24) is 4.98 Å². The number of benzene rings is 1. The van der Waals surface area contributed by atoms with Gasteiger partial charge in [0.25, 0.3) is 0 Å². The highest BCUT2D eigenvalue weighted by Gasteiger charge is 2.07. The van der Waals surface area contributed by atoms with Gasteiger partial charge < -0.3 is 5.11 Å². The van der Waals surface area contributed by atoms with Crippen LogP contribution in [0.5, 0.6) is 0 Å². The molecule has 0 spiro atoms. The lowest BCUT2D eigenvalue weighted by Crippen LogP contribution is -1.93. The van der Waals surface area contributed by atoms with Crippen LogP contribution in [0, 0.1) is 11.6 Å². The Morgan fingerprint density at radius 1 is 1.21 bits per heavy atom. The molecule has 0 atom stereocenters. The van der Waals surface area contributed by atoms with Crippen molar-refractivity contribution in [2.24, 2.45) is 0 Å². The van der Waals surface area contributed by atoms with E-state index in [1.165, 1.54) is 12.3 Å². The van der Waals surface area contributed by atoms with E-state index in [4.69, 9.17) is 5.11 Å². The van der Waals surface area contributed by atoms with E-state index in [0.717, 1.165) is 12.1 Å². The van der Waals surface area contributed by atoms with Crippen LogP contribution in [0.25, 0.3) is 10.8 Å². The number of aliphatic hydroxyl groups is 1. The molecule has 4 heteroatoms. The van der Waals surface area contributed by atoms with Crippen LogP contribution in [0.2, 0.25) is 0 Å². The Hall–Kier alpha value is -1.55. The molecule has 1 aromatic carbocycles. The highest BCUT2D eigenvalue weighted by atomic mass is 19.1. The fourth-order valence-corrected chi connectivity index (χ4v) is 1.39. The molecule has 2 aromatic rings. The SMILES string of the molecule is OCc1nccc2c(F)cc(F)cc12. The van der Waals surface area contributed by atoms with Crippen LogP contribution in [-0.2, 0) is 6.61 Å². The summed E-state index contributed by atoms with van der Waals surface area (Å²) in [6.45, 7) is -0.333. The molecule has 0 fully saturated rings. The summed E-state index contributed by atoms with van der Waals surface area (Å²) in [5.41, 5.74) is 0.279. The average Bonchev–Trinajstić information content (AvgIpc) is 2.17. The third-order valence-electron chi connectivity index (χ3n) is 2.03. The second-order valence-corrected chi connectivity index (χ2v) is 2.90. The number of pyridine rings is 1. The van der Waals surface area contributed by atoms with E-state index in [-0.39, 0.29) is 17.7 Å². The fraction of sp³-hybridized carbons (Fsp3) is 0.100. The Labute approximate surface area is 78.8 Å². The molecule has 0 bridgehead atoms. The minimum absolute atomic E-state index is 0.269. The molecule has 1 aromatic heterocycles. The molecule has 0 saturated carbocycles. The smallest absolute Gasteiger partial charge is 0.134 e. The van der Waals surface area contributed by atoms with Gasteiger partial charge in [0.1, 0.15) is 11.6 Å². The maximum Gasteiger partial charge on any atom is 0.134 e. The molecule has 0 radical (unpaired) electrons. The van der Waals surface area contributed by atoms with Crippen LogP contribution in [0.1, 0.15) is 5.69 Å². The van der Waals surface area contributed by atoms with Crippen molar-refractivity contribution in [3.63, 3.8) is 0 Å². The zero-order chi connectivity index (χ0) is 10.1. The monoisotopic (exact) mass is 195 g/mol. The van der Waals surface area contributed by atoms with E-state index < -0.39 is 11.6 Å². The summed E-state index contributed by atoms with van der Waals surface area (Å²) >= 11 is 0. The van der Waals surface area contributed by atoms with Crippen LogP contribution in [0.15, 0.2) is 24.4 Å². The van der Waals surface area contributed by atoms with Gasteiger partial charge in [-0.2, -0.15) is 0 Å². The first-order chi connectivity index (χ1) is 6.72. The number of rotatable bonds is 1. The van der Waals surface area contributed by atoms with E-state index in [1.54, 1.807) is 0 Å². The number of hydrogen-bond acceptors (Lipinski definition) is 2. The van der Waals surface area contributed by atoms with Gasteiger partial charge in [0, 0.05) is 23.0 Å². The predicted molar refractivity (Wildman–Crippen MR) is 47.6 cm³/mol. The molecular weight excluding hydrogens is 188 g/mol. The average molecular weight is 195 g/mol. The molecule has 2 rings (SSSR count). The maximum absolute atomic E-state index is 13.2. The van der Waals surface area contributed by atoms with E-state index in [9.17, 15) is 8.78 Å². The van der Waals surface area contributed by atoms with E-state index in [0.29, 0.717) is 5.39 Å². The summed E-state index contributed by atoms with van der Waals surface area (Å²) in [6, 6.07) is 3.42. The van der Waals surface area contributed by atoms with Gasteiger partial charge in [-0.25, -0.2) is 8.78 Å². The van der Waals surface area contributed by atoms with Gasteiger partial charge in [0.15, 0.2) is 0 Å². The first kappa shape index (κ1) is 9.02.